The number of hydrogen-bond donors (Lipinski definition) is 1. The molecule has 1 aliphatic heterocycles. The third-order valence-electron chi connectivity index (χ3n) is 4.08. The van der Waals surface area contributed by atoms with Crippen LogP contribution in [0.5, 0.6) is 0 Å². The Morgan fingerprint density at radius 2 is 2.04 bits per heavy atom. The van der Waals surface area contributed by atoms with Crippen LogP contribution in [0.4, 0.5) is 0 Å². The lowest BCUT2D eigenvalue weighted by atomic mass is 10.0. The van der Waals surface area contributed by atoms with E-state index in [-0.39, 0.29) is 30.7 Å². The Labute approximate surface area is 165 Å². The molecule has 2 aromatic heterocycles. The summed E-state index contributed by atoms with van der Waals surface area (Å²) >= 11 is 1.43. The van der Waals surface area contributed by atoms with Gasteiger partial charge in [-0.15, -0.1) is 36.2 Å². The molecule has 1 amide bonds. The van der Waals surface area contributed by atoms with E-state index >= 15 is 0 Å². The van der Waals surface area contributed by atoms with Crippen molar-refractivity contribution in [1.82, 2.24) is 20.2 Å². The molecule has 5 nitrogen and oxygen atoms in total. The minimum absolute atomic E-state index is 0. The first-order chi connectivity index (χ1) is 11.3. The number of nitrogens with zero attached hydrogens (tertiary/aromatic N) is 3. The van der Waals surface area contributed by atoms with Crippen LogP contribution in [0.1, 0.15) is 35.9 Å². The molecule has 138 valence electrons. The van der Waals surface area contributed by atoms with Crippen LogP contribution in [-0.2, 0) is 0 Å². The molecule has 0 saturated carbocycles. The lowest BCUT2D eigenvalue weighted by molar-refractivity contribution is 0.0647. The van der Waals surface area contributed by atoms with E-state index < -0.39 is 0 Å². The van der Waals surface area contributed by atoms with Gasteiger partial charge in [0.05, 0.1) is 11.9 Å². The van der Waals surface area contributed by atoms with Gasteiger partial charge in [-0.2, -0.15) is 0 Å². The van der Waals surface area contributed by atoms with E-state index in [1.807, 2.05) is 23.1 Å². The van der Waals surface area contributed by atoms with Gasteiger partial charge in [0.2, 0.25) is 0 Å². The molecule has 1 N–H and O–H groups in total. The molecular weight excluding hydrogens is 379 g/mol. The zero-order valence-corrected chi connectivity index (χ0v) is 16.6. The van der Waals surface area contributed by atoms with Crippen molar-refractivity contribution < 1.29 is 4.79 Å². The van der Waals surface area contributed by atoms with E-state index in [2.05, 4.69) is 22.2 Å². The van der Waals surface area contributed by atoms with Crippen LogP contribution in [-0.4, -0.2) is 46.5 Å². The molecule has 25 heavy (non-hydrogen) atoms. The van der Waals surface area contributed by atoms with Gasteiger partial charge < -0.3 is 10.2 Å². The lowest BCUT2D eigenvalue weighted by Gasteiger charge is -2.34. The Hall–Kier alpha value is -1.21. The first kappa shape index (κ1) is 21.8. The van der Waals surface area contributed by atoms with Crippen molar-refractivity contribution in [1.29, 1.82) is 0 Å². The summed E-state index contributed by atoms with van der Waals surface area (Å²) < 4.78 is 0. The van der Waals surface area contributed by atoms with E-state index in [4.69, 9.17) is 0 Å². The van der Waals surface area contributed by atoms with E-state index in [0.29, 0.717) is 10.9 Å². The molecule has 1 fully saturated rings. The molecule has 0 aliphatic carbocycles. The van der Waals surface area contributed by atoms with Crippen LogP contribution in [0, 0.1) is 0 Å². The first-order valence-corrected chi connectivity index (χ1v) is 9.00. The second-order valence-electron chi connectivity index (χ2n) is 5.72. The fourth-order valence-electron chi connectivity index (χ4n) is 2.93. The molecule has 2 aromatic rings. The van der Waals surface area contributed by atoms with Gasteiger partial charge in [-0.1, -0.05) is 13.0 Å². The van der Waals surface area contributed by atoms with Gasteiger partial charge in [0.25, 0.3) is 5.91 Å². The maximum Gasteiger partial charge on any atom is 0.265 e. The Bertz CT molecular complexity index is 647. The van der Waals surface area contributed by atoms with Crippen molar-refractivity contribution in [2.24, 2.45) is 0 Å². The van der Waals surface area contributed by atoms with Gasteiger partial charge in [0.15, 0.2) is 0 Å². The molecule has 3 heterocycles. The van der Waals surface area contributed by atoms with Gasteiger partial charge in [-0.25, -0.2) is 4.98 Å². The molecule has 0 aromatic carbocycles. The van der Waals surface area contributed by atoms with E-state index in [1.165, 1.54) is 11.3 Å². The Balaban J connectivity index is 0.00000156. The predicted molar refractivity (Wildman–Crippen MR) is 107 cm³/mol. The summed E-state index contributed by atoms with van der Waals surface area (Å²) in [5, 5.41) is 4.16. The van der Waals surface area contributed by atoms with Gasteiger partial charge in [0.1, 0.15) is 9.88 Å². The molecule has 0 spiro atoms. The SMILES string of the molecule is CCCN(C(=O)c1cnc(-c2ccccn2)s1)C1CCNCC1.Cl.Cl. The zero-order chi connectivity index (χ0) is 16.1. The van der Waals surface area contributed by atoms with Gasteiger partial charge >= 0.3 is 0 Å². The summed E-state index contributed by atoms with van der Waals surface area (Å²) in [6.07, 6.45) is 6.47. The van der Waals surface area contributed by atoms with E-state index in [1.54, 1.807) is 12.4 Å². The van der Waals surface area contributed by atoms with Crippen LogP contribution in [0.2, 0.25) is 0 Å². The number of carbonyl (C=O) groups excluding carboxylic acids is 1. The Morgan fingerprint density at radius 3 is 2.68 bits per heavy atom. The number of hydrogen-bond acceptors (Lipinski definition) is 5. The summed E-state index contributed by atoms with van der Waals surface area (Å²) in [5.74, 6) is 0.110. The average molecular weight is 403 g/mol. The third kappa shape index (κ3) is 5.38. The highest BCUT2D eigenvalue weighted by Gasteiger charge is 2.27. The van der Waals surface area contributed by atoms with Crippen LogP contribution in [0.3, 0.4) is 0 Å². The highest BCUT2D eigenvalue weighted by atomic mass is 35.5. The normalized spacial score (nSPS) is 14.3. The molecule has 3 rings (SSSR count). The predicted octanol–water partition coefficient (Wildman–Crippen LogP) is 3.65. The first-order valence-electron chi connectivity index (χ1n) is 8.18. The molecule has 0 atom stereocenters. The number of aromatic nitrogens is 2. The van der Waals surface area contributed by atoms with Crippen molar-refractivity contribution in [2.75, 3.05) is 19.6 Å². The maximum atomic E-state index is 12.9. The number of rotatable bonds is 5. The quantitative estimate of drug-likeness (QED) is 0.828. The summed E-state index contributed by atoms with van der Waals surface area (Å²) in [6.45, 7) is 4.90. The van der Waals surface area contributed by atoms with Crippen molar-refractivity contribution >= 4 is 42.1 Å². The van der Waals surface area contributed by atoms with E-state index in [9.17, 15) is 4.79 Å². The molecule has 0 bridgehead atoms. The van der Waals surface area contributed by atoms with E-state index in [0.717, 1.165) is 49.6 Å². The fraction of sp³-hybridized carbons (Fsp3) is 0.471. The highest BCUT2D eigenvalue weighted by Crippen LogP contribution is 2.25. The number of pyridine rings is 1. The summed E-state index contributed by atoms with van der Waals surface area (Å²) in [5.41, 5.74) is 0.820. The number of carbonyl (C=O) groups is 1. The topological polar surface area (TPSA) is 58.1 Å². The number of nitrogens with one attached hydrogen (secondary N) is 1. The van der Waals surface area contributed by atoms with Crippen LogP contribution >= 0.6 is 36.2 Å². The van der Waals surface area contributed by atoms with Gasteiger partial charge in [-0.05, 0) is 44.5 Å². The van der Waals surface area contributed by atoms with Crippen LogP contribution in [0.25, 0.3) is 10.7 Å². The Morgan fingerprint density at radius 1 is 1.28 bits per heavy atom. The van der Waals surface area contributed by atoms with Crippen molar-refractivity contribution in [3.8, 4) is 10.7 Å². The second kappa shape index (κ2) is 10.7. The standard InChI is InChI=1S/C17H22N4OS.2ClH/c1-2-11-21(13-6-9-18-10-7-13)17(22)15-12-20-16(23-15)14-5-3-4-8-19-14;;/h3-5,8,12-13,18H,2,6-7,9-11H2,1H3;2*1H. The number of piperidine rings is 1. The maximum absolute atomic E-state index is 12.9. The zero-order valence-electron chi connectivity index (χ0n) is 14.2. The average Bonchev–Trinajstić information content (AvgIpc) is 3.11. The van der Waals surface area contributed by atoms with Crippen LogP contribution < -0.4 is 5.32 Å². The smallest absolute Gasteiger partial charge is 0.265 e. The van der Waals surface area contributed by atoms with Crippen molar-refractivity contribution in [3.05, 3.63) is 35.5 Å². The molecule has 1 saturated heterocycles. The minimum atomic E-state index is 0. The highest BCUT2D eigenvalue weighted by molar-refractivity contribution is 7.16. The molecule has 0 unspecified atom stereocenters. The summed E-state index contributed by atoms with van der Waals surface area (Å²) in [7, 11) is 0. The summed E-state index contributed by atoms with van der Waals surface area (Å²) in [6, 6.07) is 6.07. The molecular formula is C17H24Cl2N4OS. The van der Waals surface area contributed by atoms with Crippen molar-refractivity contribution in [3.63, 3.8) is 0 Å². The molecule has 8 heteroatoms. The number of amides is 1. The number of halogens is 2. The Kier molecular flexibility index (Phi) is 9.35. The lowest BCUT2D eigenvalue weighted by Crippen LogP contribution is -2.46. The van der Waals surface area contributed by atoms with Crippen molar-refractivity contribution in [2.45, 2.75) is 32.2 Å². The minimum Gasteiger partial charge on any atom is -0.335 e. The third-order valence-corrected chi connectivity index (χ3v) is 5.08. The van der Waals surface area contributed by atoms with Gasteiger partial charge in [0, 0.05) is 18.8 Å². The molecule has 0 radical (unpaired) electrons. The number of thiazole rings is 1. The van der Waals surface area contributed by atoms with Crippen LogP contribution in [0.15, 0.2) is 30.6 Å². The monoisotopic (exact) mass is 402 g/mol. The fourth-order valence-corrected chi connectivity index (χ4v) is 3.78. The van der Waals surface area contributed by atoms with Gasteiger partial charge in [-0.3, -0.25) is 9.78 Å². The second-order valence-corrected chi connectivity index (χ2v) is 6.76. The largest absolute Gasteiger partial charge is 0.335 e. The summed E-state index contributed by atoms with van der Waals surface area (Å²) in [4.78, 5) is 24.4. The molecule has 1 aliphatic rings.